The zero-order chi connectivity index (χ0) is 21.0. The molecule has 1 aliphatic heterocycles. The minimum Gasteiger partial charge on any atom is -0.497 e. The van der Waals surface area contributed by atoms with Crippen molar-refractivity contribution in [1.82, 2.24) is 25.4 Å². The van der Waals surface area contributed by atoms with Crippen molar-refractivity contribution in [2.45, 2.75) is 51.7 Å². The average molecular weight is 415 g/mol. The summed E-state index contributed by atoms with van der Waals surface area (Å²) in [5.74, 6) is 2.70. The molecular weight excluding hydrogens is 380 g/mol. The SMILES string of the molecule is CCc1nncn1CCNC(=NCC1CCCCO1)NCCc1ccc(OC)cc1. The monoisotopic (exact) mass is 414 g/mol. The van der Waals surface area contributed by atoms with E-state index in [-0.39, 0.29) is 6.10 Å². The fourth-order valence-electron chi connectivity index (χ4n) is 3.47. The molecule has 1 fully saturated rings. The number of methoxy groups -OCH3 is 1. The largest absolute Gasteiger partial charge is 0.497 e. The van der Waals surface area contributed by atoms with Crippen LogP contribution in [0.15, 0.2) is 35.6 Å². The maximum absolute atomic E-state index is 5.82. The van der Waals surface area contributed by atoms with Gasteiger partial charge in [0.1, 0.15) is 17.9 Å². The van der Waals surface area contributed by atoms with Crippen molar-refractivity contribution >= 4 is 5.96 Å². The molecule has 1 unspecified atom stereocenters. The summed E-state index contributed by atoms with van der Waals surface area (Å²) in [6.45, 7) is 5.98. The van der Waals surface area contributed by atoms with Crippen LogP contribution in [-0.2, 0) is 24.1 Å². The summed E-state index contributed by atoms with van der Waals surface area (Å²) in [4.78, 5) is 4.78. The summed E-state index contributed by atoms with van der Waals surface area (Å²) < 4.78 is 13.1. The van der Waals surface area contributed by atoms with Gasteiger partial charge in [-0.1, -0.05) is 19.1 Å². The van der Waals surface area contributed by atoms with E-state index < -0.39 is 0 Å². The van der Waals surface area contributed by atoms with Gasteiger partial charge in [0.15, 0.2) is 5.96 Å². The summed E-state index contributed by atoms with van der Waals surface area (Å²) in [6, 6.07) is 8.18. The van der Waals surface area contributed by atoms with Gasteiger partial charge >= 0.3 is 0 Å². The molecule has 2 heterocycles. The van der Waals surface area contributed by atoms with E-state index in [1.807, 2.05) is 12.1 Å². The first kappa shape index (κ1) is 22.1. The van der Waals surface area contributed by atoms with Gasteiger partial charge in [-0.25, -0.2) is 0 Å². The van der Waals surface area contributed by atoms with Gasteiger partial charge in [-0.15, -0.1) is 10.2 Å². The highest BCUT2D eigenvalue weighted by molar-refractivity contribution is 5.79. The van der Waals surface area contributed by atoms with Crippen molar-refractivity contribution in [3.8, 4) is 5.75 Å². The molecule has 30 heavy (non-hydrogen) atoms. The van der Waals surface area contributed by atoms with Gasteiger partial charge in [0, 0.05) is 32.7 Å². The van der Waals surface area contributed by atoms with Crippen molar-refractivity contribution in [3.05, 3.63) is 42.0 Å². The lowest BCUT2D eigenvalue weighted by atomic mass is 10.1. The third-order valence-electron chi connectivity index (χ3n) is 5.25. The highest BCUT2D eigenvalue weighted by Gasteiger charge is 2.13. The zero-order valence-electron chi connectivity index (χ0n) is 18.1. The molecular formula is C22H34N6O2. The molecule has 0 bridgehead atoms. The molecule has 0 radical (unpaired) electrons. The molecule has 1 atom stereocenters. The first-order valence-corrected chi connectivity index (χ1v) is 10.9. The quantitative estimate of drug-likeness (QED) is 0.458. The maximum Gasteiger partial charge on any atom is 0.191 e. The molecule has 8 heteroatoms. The first-order chi connectivity index (χ1) is 14.8. The Morgan fingerprint density at radius 3 is 2.80 bits per heavy atom. The standard InChI is InChI=1S/C22H34N6O2/c1-3-21-27-26-17-28(21)14-13-24-22(25-16-20-6-4-5-15-30-20)23-12-11-18-7-9-19(29-2)10-8-18/h7-10,17,20H,3-6,11-16H2,1-2H3,(H2,23,24,25). The molecule has 0 aliphatic carbocycles. The molecule has 0 amide bonds. The van der Waals surface area contributed by atoms with Crippen LogP contribution in [0.4, 0.5) is 0 Å². The number of nitrogens with zero attached hydrogens (tertiary/aromatic N) is 4. The van der Waals surface area contributed by atoms with Gasteiger partial charge in [-0.3, -0.25) is 4.99 Å². The lowest BCUT2D eigenvalue weighted by Crippen LogP contribution is -2.40. The summed E-state index contributed by atoms with van der Waals surface area (Å²) in [7, 11) is 1.68. The second kappa shape index (κ2) is 12.2. The van der Waals surface area contributed by atoms with Gasteiger partial charge in [-0.2, -0.15) is 0 Å². The van der Waals surface area contributed by atoms with Gasteiger partial charge in [-0.05, 0) is 43.4 Å². The van der Waals surface area contributed by atoms with Crippen LogP contribution in [0.1, 0.15) is 37.6 Å². The number of aromatic nitrogens is 3. The molecule has 0 saturated carbocycles. The molecule has 1 aromatic carbocycles. The number of hydrogen-bond acceptors (Lipinski definition) is 5. The predicted octanol–water partition coefficient (Wildman–Crippen LogP) is 2.20. The smallest absolute Gasteiger partial charge is 0.191 e. The maximum atomic E-state index is 5.82. The van der Waals surface area contributed by atoms with Crippen LogP contribution < -0.4 is 15.4 Å². The van der Waals surface area contributed by atoms with Gasteiger partial charge in [0.25, 0.3) is 0 Å². The highest BCUT2D eigenvalue weighted by Crippen LogP contribution is 2.13. The minimum absolute atomic E-state index is 0.225. The highest BCUT2D eigenvalue weighted by atomic mass is 16.5. The van der Waals surface area contributed by atoms with Crippen molar-refractivity contribution in [2.24, 2.45) is 4.99 Å². The van der Waals surface area contributed by atoms with Crippen LogP contribution in [0.3, 0.4) is 0 Å². The second-order valence-corrected chi connectivity index (χ2v) is 7.42. The number of aryl methyl sites for hydroxylation is 1. The van der Waals surface area contributed by atoms with E-state index in [9.17, 15) is 0 Å². The minimum atomic E-state index is 0.225. The summed E-state index contributed by atoms with van der Waals surface area (Å²) >= 11 is 0. The second-order valence-electron chi connectivity index (χ2n) is 7.42. The van der Waals surface area contributed by atoms with Crippen LogP contribution in [-0.4, -0.2) is 60.2 Å². The van der Waals surface area contributed by atoms with E-state index in [1.165, 1.54) is 12.0 Å². The van der Waals surface area contributed by atoms with Crippen LogP contribution in [0.25, 0.3) is 0 Å². The predicted molar refractivity (Wildman–Crippen MR) is 118 cm³/mol. The van der Waals surface area contributed by atoms with Gasteiger partial charge in [0.2, 0.25) is 0 Å². The Hall–Kier alpha value is -2.61. The Kier molecular flexibility index (Phi) is 8.96. The number of hydrogen-bond donors (Lipinski definition) is 2. The number of guanidine groups is 1. The van der Waals surface area contributed by atoms with E-state index >= 15 is 0 Å². The van der Waals surface area contributed by atoms with Crippen molar-refractivity contribution in [2.75, 3.05) is 33.4 Å². The van der Waals surface area contributed by atoms with Crippen molar-refractivity contribution in [3.63, 3.8) is 0 Å². The van der Waals surface area contributed by atoms with E-state index in [2.05, 4.69) is 44.5 Å². The number of benzene rings is 1. The molecule has 0 spiro atoms. The van der Waals surface area contributed by atoms with E-state index in [1.54, 1.807) is 13.4 Å². The number of rotatable bonds is 10. The van der Waals surface area contributed by atoms with Crippen LogP contribution in [0, 0.1) is 0 Å². The fourth-order valence-corrected chi connectivity index (χ4v) is 3.47. The third-order valence-corrected chi connectivity index (χ3v) is 5.25. The van der Waals surface area contributed by atoms with E-state index in [0.29, 0.717) is 6.54 Å². The van der Waals surface area contributed by atoms with E-state index in [4.69, 9.17) is 14.5 Å². The molecule has 1 aromatic heterocycles. The van der Waals surface area contributed by atoms with Crippen molar-refractivity contribution in [1.29, 1.82) is 0 Å². The lowest BCUT2D eigenvalue weighted by Gasteiger charge is -2.21. The average Bonchev–Trinajstić information content (AvgIpc) is 3.25. The zero-order valence-corrected chi connectivity index (χ0v) is 18.1. The Balaban J connectivity index is 1.50. The van der Waals surface area contributed by atoms with Gasteiger partial charge in [0.05, 0.1) is 19.8 Å². The normalized spacial score (nSPS) is 17.0. The number of ether oxygens (including phenoxy) is 2. The van der Waals surface area contributed by atoms with Crippen molar-refractivity contribution < 1.29 is 9.47 Å². The molecule has 2 N–H and O–H groups in total. The molecule has 1 aliphatic rings. The topological polar surface area (TPSA) is 85.6 Å². The molecule has 2 aromatic rings. The van der Waals surface area contributed by atoms with Crippen LogP contribution in [0.2, 0.25) is 0 Å². The van der Waals surface area contributed by atoms with Crippen LogP contribution >= 0.6 is 0 Å². The molecule has 3 rings (SSSR count). The molecule has 164 valence electrons. The summed E-state index contributed by atoms with van der Waals surface area (Å²) in [5.41, 5.74) is 1.26. The lowest BCUT2D eigenvalue weighted by molar-refractivity contribution is 0.0224. The third kappa shape index (κ3) is 7.02. The van der Waals surface area contributed by atoms with Crippen LogP contribution in [0.5, 0.6) is 5.75 Å². The molecule has 8 nitrogen and oxygen atoms in total. The molecule has 1 saturated heterocycles. The number of aliphatic imine (C=N–C) groups is 1. The Labute approximate surface area is 179 Å². The Morgan fingerprint density at radius 1 is 1.23 bits per heavy atom. The number of nitrogens with one attached hydrogen (secondary N) is 2. The summed E-state index contributed by atoms with van der Waals surface area (Å²) in [6.07, 6.45) is 7.26. The summed E-state index contributed by atoms with van der Waals surface area (Å²) in [5, 5.41) is 15.0. The Bertz CT molecular complexity index is 768. The van der Waals surface area contributed by atoms with Gasteiger partial charge < -0.3 is 24.7 Å². The fraction of sp³-hybridized carbons (Fsp3) is 0.591. The first-order valence-electron chi connectivity index (χ1n) is 10.9. The Morgan fingerprint density at radius 2 is 2.07 bits per heavy atom. The van der Waals surface area contributed by atoms with E-state index in [0.717, 1.165) is 69.5 Å².